The average Bonchev–Trinajstić information content (AvgIpc) is 2.79. The van der Waals surface area contributed by atoms with Gasteiger partial charge >= 0.3 is 0 Å². The van der Waals surface area contributed by atoms with Crippen LogP contribution in [-0.4, -0.2) is 15.1 Å². The van der Waals surface area contributed by atoms with Crippen molar-refractivity contribution >= 4 is 15.9 Å². The second-order valence-corrected chi connectivity index (χ2v) is 6.64. The molecule has 3 rings (SSSR count). The largest absolute Gasteiger partial charge is 0.272 e. The summed E-state index contributed by atoms with van der Waals surface area (Å²) in [6.07, 6.45) is 6.60. The fourth-order valence-corrected chi connectivity index (χ4v) is 4.26. The highest BCUT2D eigenvalue weighted by Gasteiger charge is 2.53. The maximum absolute atomic E-state index is 4.57. The summed E-state index contributed by atoms with van der Waals surface area (Å²) in [6.45, 7) is 2.18. The number of hydrogen-bond acceptors (Lipinski definition) is 1. The van der Waals surface area contributed by atoms with E-state index in [9.17, 15) is 0 Å². The van der Waals surface area contributed by atoms with Gasteiger partial charge < -0.3 is 0 Å². The molecule has 2 aliphatic rings. The molecule has 2 unspecified atom stereocenters. The highest BCUT2D eigenvalue weighted by molar-refractivity contribution is 9.09. The van der Waals surface area contributed by atoms with Crippen molar-refractivity contribution < 1.29 is 0 Å². The molecule has 0 saturated heterocycles. The Morgan fingerprint density at radius 2 is 2.18 bits per heavy atom. The number of alkyl halides is 1. The van der Waals surface area contributed by atoms with Gasteiger partial charge in [-0.25, -0.2) is 0 Å². The standard InChI is InChI=1S/C14H21BrN2/c1-3-12-5-13(17(2)16-12)8-14(9-15)6-10-4-11(10)7-14/h5,10-11H,3-4,6-9H2,1-2H3. The van der Waals surface area contributed by atoms with Crippen LogP contribution in [0.2, 0.25) is 0 Å². The van der Waals surface area contributed by atoms with Gasteiger partial charge in [0.2, 0.25) is 0 Å². The molecule has 0 aliphatic heterocycles. The van der Waals surface area contributed by atoms with Gasteiger partial charge in [-0.1, -0.05) is 22.9 Å². The van der Waals surface area contributed by atoms with Crippen LogP contribution in [0, 0.1) is 17.3 Å². The molecule has 0 radical (unpaired) electrons. The first-order chi connectivity index (χ1) is 8.15. The van der Waals surface area contributed by atoms with Crippen LogP contribution in [0.5, 0.6) is 0 Å². The number of fused-ring (bicyclic) bond motifs is 1. The molecule has 2 fully saturated rings. The fourth-order valence-electron chi connectivity index (χ4n) is 3.60. The molecule has 1 aromatic rings. The van der Waals surface area contributed by atoms with Crippen LogP contribution in [0.4, 0.5) is 0 Å². The van der Waals surface area contributed by atoms with E-state index in [0.29, 0.717) is 5.41 Å². The Kier molecular flexibility index (Phi) is 2.85. The third-order valence-corrected chi connectivity index (χ3v) is 5.88. The Balaban J connectivity index is 1.78. The summed E-state index contributed by atoms with van der Waals surface area (Å²) in [7, 11) is 2.09. The van der Waals surface area contributed by atoms with Gasteiger partial charge in [0.05, 0.1) is 5.69 Å². The first-order valence-corrected chi connectivity index (χ1v) is 7.86. The van der Waals surface area contributed by atoms with Gasteiger partial charge in [0, 0.05) is 18.1 Å². The van der Waals surface area contributed by atoms with Crippen molar-refractivity contribution in [1.29, 1.82) is 0 Å². The van der Waals surface area contributed by atoms with Crippen LogP contribution in [0.1, 0.15) is 37.6 Å². The monoisotopic (exact) mass is 296 g/mol. The van der Waals surface area contributed by atoms with E-state index >= 15 is 0 Å². The molecule has 2 aliphatic carbocycles. The number of aryl methyl sites for hydroxylation is 2. The van der Waals surface area contributed by atoms with Crippen molar-refractivity contribution in [3.63, 3.8) is 0 Å². The Bertz CT molecular complexity index is 414. The zero-order valence-electron chi connectivity index (χ0n) is 10.7. The number of rotatable bonds is 4. The van der Waals surface area contributed by atoms with E-state index in [2.05, 4.69) is 45.7 Å². The molecule has 1 aromatic heterocycles. The molecule has 94 valence electrons. The fraction of sp³-hybridized carbons (Fsp3) is 0.786. The van der Waals surface area contributed by atoms with E-state index in [1.165, 1.54) is 37.1 Å². The Morgan fingerprint density at radius 3 is 2.71 bits per heavy atom. The van der Waals surface area contributed by atoms with Gasteiger partial charge in [-0.05, 0) is 55.4 Å². The molecule has 3 heteroatoms. The molecule has 2 saturated carbocycles. The van der Waals surface area contributed by atoms with Crippen LogP contribution in [-0.2, 0) is 19.9 Å². The predicted molar refractivity (Wildman–Crippen MR) is 73.3 cm³/mol. The van der Waals surface area contributed by atoms with Crippen LogP contribution in [0.25, 0.3) is 0 Å². The highest BCUT2D eigenvalue weighted by Crippen LogP contribution is 2.61. The average molecular weight is 297 g/mol. The quantitative estimate of drug-likeness (QED) is 0.779. The summed E-state index contributed by atoms with van der Waals surface area (Å²) in [6, 6.07) is 2.30. The van der Waals surface area contributed by atoms with E-state index in [-0.39, 0.29) is 0 Å². The van der Waals surface area contributed by atoms with Gasteiger partial charge in [-0.3, -0.25) is 4.68 Å². The molecule has 0 N–H and O–H groups in total. The molecule has 1 heterocycles. The van der Waals surface area contributed by atoms with Crippen LogP contribution >= 0.6 is 15.9 Å². The molecular weight excluding hydrogens is 276 g/mol. The smallest absolute Gasteiger partial charge is 0.0624 e. The third-order valence-electron chi connectivity index (χ3n) is 4.69. The summed E-state index contributed by atoms with van der Waals surface area (Å²) < 4.78 is 2.09. The van der Waals surface area contributed by atoms with E-state index in [1.807, 2.05) is 0 Å². The molecule has 2 nitrogen and oxygen atoms in total. The van der Waals surface area contributed by atoms with Crippen LogP contribution in [0.15, 0.2) is 6.07 Å². The maximum Gasteiger partial charge on any atom is 0.0624 e. The van der Waals surface area contributed by atoms with E-state index in [0.717, 1.165) is 23.6 Å². The lowest BCUT2D eigenvalue weighted by atomic mass is 9.81. The number of hydrogen-bond donors (Lipinski definition) is 0. The van der Waals surface area contributed by atoms with Crippen LogP contribution in [0.3, 0.4) is 0 Å². The summed E-state index contributed by atoms with van der Waals surface area (Å²) >= 11 is 3.76. The lowest BCUT2D eigenvalue weighted by Gasteiger charge is -2.28. The molecular formula is C14H21BrN2. The first kappa shape index (κ1) is 11.8. The molecule has 17 heavy (non-hydrogen) atoms. The summed E-state index contributed by atoms with van der Waals surface area (Å²) in [5.74, 6) is 2.10. The second kappa shape index (κ2) is 4.11. The first-order valence-electron chi connectivity index (χ1n) is 6.73. The van der Waals surface area contributed by atoms with Crippen molar-refractivity contribution in [1.82, 2.24) is 9.78 Å². The normalized spacial score (nSPS) is 35.0. The molecule has 0 amide bonds. The minimum Gasteiger partial charge on any atom is -0.272 e. The second-order valence-electron chi connectivity index (χ2n) is 6.08. The van der Waals surface area contributed by atoms with Crippen molar-refractivity contribution in [2.45, 2.75) is 39.0 Å². The van der Waals surface area contributed by atoms with E-state index < -0.39 is 0 Å². The van der Waals surface area contributed by atoms with Crippen LogP contribution < -0.4 is 0 Å². The summed E-state index contributed by atoms with van der Waals surface area (Å²) in [5, 5.41) is 5.72. The Labute approximate surface area is 112 Å². The minimum absolute atomic E-state index is 0.520. The number of halogens is 1. The van der Waals surface area contributed by atoms with Gasteiger partial charge in [0.25, 0.3) is 0 Å². The Morgan fingerprint density at radius 1 is 1.47 bits per heavy atom. The van der Waals surface area contributed by atoms with Crippen molar-refractivity contribution in [2.75, 3.05) is 5.33 Å². The van der Waals surface area contributed by atoms with Gasteiger partial charge in [0.15, 0.2) is 0 Å². The minimum atomic E-state index is 0.520. The van der Waals surface area contributed by atoms with Crippen molar-refractivity contribution in [2.24, 2.45) is 24.3 Å². The number of aromatic nitrogens is 2. The molecule has 2 atom stereocenters. The van der Waals surface area contributed by atoms with Gasteiger partial charge in [0.1, 0.15) is 0 Å². The lowest BCUT2D eigenvalue weighted by molar-refractivity contribution is 0.301. The van der Waals surface area contributed by atoms with E-state index in [4.69, 9.17) is 0 Å². The zero-order chi connectivity index (χ0) is 12.0. The van der Waals surface area contributed by atoms with Crippen molar-refractivity contribution in [3.05, 3.63) is 17.5 Å². The highest BCUT2D eigenvalue weighted by atomic mass is 79.9. The molecule has 0 spiro atoms. The summed E-state index contributed by atoms with van der Waals surface area (Å²) in [5.41, 5.74) is 3.17. The predicted octanol–water partition coefficient (Wildman–Crippen LogP) is 3.34. The maximum atomic E-state index is 4.57. The third kappa shape index (κ3) is 2.07. The van der Waals surface area contributed by atoms with E-state index in [1.54, 1.807) is 0 Å². The number of nitrogens with zero attached hydrogens (tertiary/aromatic N) is 2. The lowest BCUT2D eigenvalue weighted by Crippen LogP contribution is -2.25. The van der Waals surface area contributed by atoms with Gasteiger partial charge in [-0.2, -0.15) is 5.10 Å². The topological polar surface area (TPSA) is 17.8 Å². The van der Waals surface area contributed by atoms with Gasteiger partial charge in [-0.15, -0.1) is 0 Å². The SMILES string of the molecule is CCc1cc(CC2(CBr)CC3CC3C2)n(C)n1. The zero-order valence-corrected chi connectivity index (χ0v) is 12.3. The molecule has 0 aromatic carbocycles. The Hall–Kier alpha value is -0.310. The molecule has 0 bridgehead atoms. The summed E-state index contributed by atoms with van der Waals surface area (Å²) in [4.78, 5) is 0. The van der Waals surface area contributed by atoms with Crippen molar-refractivity contribution in [3.8, 4) is 0 Å².